The molecule has 0 aromatic rings. The quantitative estimate of drug-likeness (QED) is 0.394. The van der Waals surface area contributed by atoms with Gasteiger partial charge in [-0.25, -0.2) is 0 Å². The van der Waals surface area contributed by atoms with Crippen LogP contribution in [0.2, 0.25) is 0 Å². The van der Waals surface area contributed by atoms with Gasteiger partial charge in [0, 0.05) is 44.1 Å². The summed E-state index contributed by atoms with van der Waals surface area (Å²) < 4.78 is 0. The molecule has 0 bridgehead atoms. The van der Waals surface area contributed by atoms with Gasteiger partial charge in [0.05, 0.1) is 0 Å². The first-order chi connectivity index (χ1) is 13.5. The number of ketones is 1. The van der Waals surface area contributed by atoms with E-state index in [1.807, 2.05) is 0 Å². The molecular weight excluding hydrogens is 344 g/mol. The Morgan fingerprint density at radius 1 is 0.857 bits per heavy atom. The summed E-state index contributed by atoms with van der Waals surface area (Å²) in [5, 5.41) is 0. The van der Waals surface area contributed by atoms with Crippen LogP contribution in [-0.2, 0) is 4.79 Å². The van der Waals surface area contributed by atoms with Gasteiger partial charge in [-0.3, -0.25) is 9.69 Å². The molecule has 1 heterocycles. The Kier molecular flexibility index (Phi) is 11.1. The normalized spacial score (nSPS) is 25.9. The van der Waals surface area contributed by atoms with E-state index in [-0.39, 0.29) is 5.92 Å². The predicted molar refractivity (Wildman–Crippen MR) is 121 cm³/mol. The van der Waals surface area contributed by atoms with E-state index in [0.29, 0.717) is 11.7 Å². The number of carbonyl (C=O) groups excluding carboxylic acids is 1. The van der Waals surface area contributed by atoms with Gasteiger partial charge in [-0.2, -0.15) is 0 Å². The topological polar surface area (TPSA) is 23.6 Å². The van der Waals surface area contributed by atoms with Gasteiger partial charge in [0.2, 0.25) is 0 Å². The van der Waals surface area contributed by atoms with E-state index in [0.717, 1.165) is 24.8 Å². The molecule has 0 radical (unpaired) electrons. The van der Waals surface area contributed by atoms with Crippen molar-refractivity contribution < 1.29 is 4.79 Å². The molecule has 2 rings (SSSR count). The zero-order chi connectivity index (χ0) is 20.4. The van der Waals surface area contributed by atoms with Crippen molar-refractivity contribution in [3.63, 3.8) is 0 Å². The van der Waals surface area contributed by atoms with E-state index >= 15 is 0 Å². The molecule has 0 aromatic heterocycles. The summed E-state index contributed by atoms with van der Waals surface area (Å²) in [6, 6.07) is 0.740. The Labute approximate surface area is 175 Å². The lowest BCUT2D eigenvalue weighted by atomic mass is 9.80. The fourth-order valence-corrected chi connectivity index (χ4v) is 5.11. The van der Waals surface area contributed by atoms with Crippen molar-refractivity contribution in [1.82, 2.24) is 9.80 Å². The highest BCUT2D eigenvalue weighted by Gasteiger charge is 2.31. The van der Waals surface area contributed by atoms with Gasteiger partial charge >= 0.3 is 0 Å². The van der Waals surface area contributed by atoms with E-state index < -0.39 is 0 Å². The summed E-state index contributed by atoms with van der Waals surface area (Å²) in [5.41, 5.74) is 0. The van der Waals surface area contributed by atoms with Crippen molar-refractivity contribution >= 4 is 5.78 Å². The van der Waals surface area contributed by atoms with Crippen LogP contribution in [0.4, 0.5) is 0 Å². The maximum absolute atomic E-state index is 12.2. The van der Waals surface area contributed by atoms with Crippen LogP contribution in [0.5, 0.6) is 0 Å². The number of carbonyl (C=O) groups is 1. The maximum Gasteiger partial charge on any atom is 0.138 e. The second-order valence-corrected chi connectivity index (χ2v) is 10.0. The number of rotatable bonds is 12. The molecule has 3 heteroatoms. The van der Waals surface area contributed by atoms with E-state index in [2.05, 4.69) is 37.5 Å². The zero-order valence-electron chi connectivity index (χ0n) is 19.4. The molecule has 2 fully saturated rings. The molecule has 1 saturated carbocycles. The van der Waals surface area contributed by atoms with Crippen LogP contribution in [0.15, 0.2) is 0 Å². The first-order valence-electron chi connectivity index (χ1n) is 12.5. The van der Waals surface area contributed by atoms with E-state index in [1.54, 1.807) is 0 Å². The molecule has 2 aliphatic rings. The predicted octanol–water partition coefficient (Wildman–Crippen LogP) is 5.77. The lowest BCUT2D eigenvalue weighted by Crippen LogP contribution is -2.51. The van der Waals surface area contributed by atoms with E-state index in [1.165, 1.54) is 90.5 Å². The number of piperazine rings is 1. The highest BCUT2D eigenvalue weighted by Crippen LogP contribution is 2.30. The maximum atomic E-state index is 12.2. The molecule has 0 aromatic carbocycles. The summed E-state index contributed by atoms with van der Waals surface area (Å²) in [5.74, 6) is 1.98. The van der Waals surface area contributed by atoms with Crippen LogP contribution in [0.25, 0.3) is 0 Å². The van der Waals surface area contributed by atoms with Crippen molar-refractivity contribution in [3.8, 4) is 0 Å². The van der Waals surface area contributed by atoms with Gasteiger partial charge in [0.1, 0.15) is 5.78 Å². The minimum absolute atomic E-state index is 0.213. The average molecular weight is 393 g/mol. The fraction of sp³-hybridized carbons (Fsp3) is 0.960. The molecule has 1 atom stereocenters. The Hall–Kier alpha value is -0.410. The third-order valence-corrected chi connectivity index (χ3v) is 7.46. The van der Waals surface area contributed by atoms with Gasteiger partial charge in [0.15, 0.2) is 0 Å². The highest BCUT2D eigenvalue weighted by molar-refractivity contribution is 5.82. The highest BCUT2D eigenvalue weighted by atomic mass is 16.1. The van der Waals surface area contributed by atoms with Gasteiger partial charge in [0.25, 0.3) is 0 Å². The lowest BCUT2D eigenvalue weighted by molar-refractivity contribution is -0.127. The average Bonchev–Trinajstić information content (AvgIpc) is 2.72. The molecule has 0 N–H and O–H groups in total. The lowest BCUT2D eigenvalue weighted by Gasteiger charge is -2.42. The fourth-order valence-electron chi connectivity index (χ4n) is 5.11. The summed E-state index contributed by atoms with van der Waals surface area (Å²) >= 11 is 0. The standard InChI is InChI=1S/C25H48N2O/c1-5-22(4)11-9-7-6-8-10-16-26-17-19-27(20-18-26)24-14-12-23(13-15-24)25(28)21(2)3/h21-24H,5-20H2,1-4H3. The van der Waals surface area contributed by atoms with Crippen LogP contribution >= 0.6 is 0 Å². The van der Waals surface area contributed by atoms with Crippen molar-refractivity contribution in [3.05, 3.63) is 0 Å². The molecule has 164 valence electrons. The van der Waals surface area contributed by atoms with Crippen LogP contribution in [0.3, 0.4) is 0 Å². The Bertz CT molecular complexity index is 420. The Morgan fingerprint density at radius 2 is 1.46 bits per heavy atom. The van der Waals surface area contributed by atoms with E-state index in [9.17, 15) is 4.79 Å². The van der Waals surface area contributed by atoms with Gasteiger partial charge < -0.3 is 4.90 Å². The summed E-state index contributed by atoms with van der Waals surface area (Å²) in [6.07, 6.45) is 14.6. The zero-order valence-corrected chi connectivity index (χ0v) is 19.4. The summed E-state index contributed by atoms with van der Waals surface area (Å²) in [7, 11) is 0. The van der Waals surface area contributed by atoms with E-state index in [4.69, 9.17) is 0 Å². The molecule has 28 heavy (non-hydrogen) atoms. The molecule has 3 nitrogen and oxygen atoms in total. The summed E-state index contributed by atoms with van der Waals surface area (Å²) in [6.45, 7) is 15.1. The van der Waals surface area contributed by atoms with Crippen LogP contribution in [-0.4, -0.2) is 54.3 Å². The summed E-state index contributed by atoms with van der Waals surface area (Å²) in [4.78, 5) is 17.6. The van der Waals surface area contributed by atoms with Gasteiger partial charge in [-0.05, 0) is 44.6 Å². The van der Waals surface area contributed by atoms with Crippen molar-refractivity contribution in [1.29, 1.82) is 0 Å². The molecule has 1 aliphatic heterocycles. The number of Topliss-reactive ketones (excluding diaryl/α,β-unsaturated/α-hetero) is 1. The first kappa shape index (κ1) is 23.9. The molecule has 1 aliphatic carbocycles. The van der Waals surface area contributed by atoms with Gasteiger partial charge in [-0.1, -0.05) is 66.2 Å². The molecule has 0 amide bonds. The molecular formula is C25H48N2O. The Balaban J connectivity index is 1.51. The SMILES string of the molecule is CCC(C)CCCCCCCN1CCN(C2CCC(C(=O)C(C)C)CC2)CC1. The third-order valence-electron chi connectivity index (χ3n) is 7.46. The largest absolute Gasteiger partial charge is 0.301 e. The monoisotopic (exact) mass is 392 g/mol. The van der Waals surface area contributed by atoms with Crippen molar-refractivity contribution in [2.45, 2.75) is 104 Å². The molecule has 0 spiro atoms. The second kappa shape index (κ2) is 13.0. The minimum atomic E-state index is 0.213. The van der Waals surface area contributed by atoms with Crippen molar-refractivity contribution in [2.75, 3.05) is 32.7 Å². The van der Waals surface area contributed by atoms with Crippen LogP contribution in [0.1, 0.15) is 98.3 Å². The van der Waals surface area contributed by atoms with Gasteiger partial charge in [-0.15, -0.1) is 0 Å². The first-order valence-corrected chi connectivity index (χ1v) is 12.5. The minimum Gasteiger partial charge on any atom is -0.301 e. The smallest absolute Gasteiger partial charge is 0.138 e. The molecule has 1 saturated heterocycles. The van der Waals surface area contributed by atoms with Crippen molar-refractivity contribution in [2.24, 2.45) is 17.8 Å². The number of hydrogen-bond acceptors (Lipinski definition) is 3. The van der Waals surface area contributed by atoms with Crippen LogP contribution in [0, 0.1) is 17.8 Å². The van der Waals surface area contributed by atoms with Crippen LogP contribution < -0.4 is 0 Å². The molecule has 1 unspecified atom stereocenters. The second-order valence-electron chi connectivity index (χ2n) is 10.0. The number of unbranched alkanes of at least 4 members (excludes halogenated alkanes) is 4. The number of hydrogen-bond donors (Lipinski definition) is 0. The Morgan fingerprint density at radius 3 is 2.07 bits per heavy atom. The third kappa shape index (κ3) is 8.14. The number of nitrogens with zero attached hydrogens (tertiary/aromatic N) is 2.